The van der Waals surface area contributed by atoms with Crippen LogP contribution in [0.25, 0.3) is 0 Å². The second-order valence-corrected chi connectivity index (χ2v) is 12.6. The highest BCUT2D eigenvalue weighted by Crippen LogP contribution is 2.39. The fourth-order valence-corrected chi connectivity index (χ4v) is 6.64. The highest BCUT2D eigenvalue weighted by atomic mass is 35.5. The zero-order chi connectivity index (χ0) is 28.8. The fourth-order valence-electron chi connectivity index (χ4n) is 5.24. The lowest BCUT2D eigenvalue weighted by molar-refractivity contribution is -0.136. The Kier molecular flexibility index (Phi) is 7.59. The van der Waals surface area contributed by atoms with E-state index in [4.69, 9.17) is 20.8 Å². The van der Waals surface area contributed by atoms with Crippen molar-refractivity contribution in [1.29, 1.82) is 0 Å². The number of piperidine rings is 1. The second-order valence-electron chi connectivity index (χ2n) is 10.5. The standard InChI is InChI=1S/C26H29ClFN5O6S/c1-14-4-6-18(28)20(15(14)2)16(3)21(23-30-31-25(35)39-23)32-40(36,37)19-7-5-17(27)22(29-19)24(34)33-10-8-26(9-11-33)12-38-13-26/h4-7,16,21,32H,8-13H2,1-3H3,(H,31,35)/t16-,21+/m1/s1. The second kappa shape index (κ2) is 10.7. The Labute approximate surface area is 235 Å². The van der Waals surface area contributed by atoms with E-state index >= 15 is 0 Å². The summed E-state index contributed by atoms with van der Waals surface area (Å²) in [6.45, 7) is 7.42. The number of carbonyl (C=O) groups excluding carboxylic acids is 1. The van der Waals surface area contributed by atoms with Crippen LogP contribution in [-0.2, 0) is 14.8 Å². The van der Waals surface area contributed by atoms with Crippen LogP contribution >= 0.6 is 11.6 Å². The smallest absolute Gasteiger partial charge is 0.391 e. The Balaban J connectivity index is 1.45. The molecule has 0 bridgehead atoms. The maximum Gasteiger partial charge on any atom is 0.434 e. The van der Waals surface area contributed by atoms with Crippen molar-refractivity contribution in [2.45, 2.75) is 50.6 Å². The predicted molar refractivity (Wildman–Crippen MR) is 142 cm³/mol. The number of benzene rings is 1. The van der Waals surface area contributed by atoms with Crippen LogP contribution in [0.3, 0.4) is 0 Å². The molecule has 2 saturated heterocycles. The van der Waals surface area contributed by atoms with Gasteiger partial charge in [0.05, 0.1) is 18.2 Å². The van der Waals surface area contributed by atoms with Gasteiger partial charge in [0.15, 0.2) is 5.03 Å². The summed E-state index contributed by atoms with van der Waals surface area (Å²) in [5, 5.41) is 5.45. The van der Waals surface area contributed by atoms with E-state index in [1.54, 1.807) is 31.7 Å². The molecule has 11 nitrogen and oxygen atoms in total. The van der Waals surface area contributed by atoms with Crippen LogP contribution in [-0.4, -0.2) is 60.7 Å². The van der Waals surface area contributed by atoms with Crippen molar-refractivity contribution in [1.82, 2.24) is 24.8 Å². The summed E-state index contributed by atoms with van der Waals surface area (Å²) in [4.78, 5) is 30.8. The number of aromatic nitrogens is 3. The molecule has 3 aromatic rings. The van der Waals surface area contributed by atoms with E-state index in [2.05, 4.69) is 19.9 Å². The molecule has 2 atom stereocenters. The summed E-state index contributed by atoms with van der Waals surface area (Å²) in [5.41, 5.74) is 1.55. The van der Waals surface area contributed by atoms with Gasteiger partial charge in [0.1, 0.15) is 17.6 Å². The van der Waals surface area contributed by atoms with Crippen LogP contribution in [0.1, 0.15) is 64.8 Å². The lowest BCUT2D eigenvalue weighted by atomic mass is 9.77. The first-order valence-corrected chi connectivity index (χ1v) is 14.6. The van der Waals surface area contributed by atoms with E-state index in [0.717, 1.165) is 18.4 Å². The summed E-state index contributed by atoms with van der Waals surface area (Å²) < 4.78 is 55.0. The number of amides is 1. The normalized spacial score (nSPS) is 18.4. The molecule has 1 spiro atoms. The van der Waals surface area contributed by atoms with E-state index in [1.165, 1.54) is 18.2 Å². The summed E-state index contributed by atoms with van der Waals surface area (Å²) in [7, 11) is -4.45. The molecular formula is C26H29ClFN5O6S. The third-order valence-electron chi connectivity index (χ3n) is 7.92. The number of nitrogens with zero attached hydrogens (tertiary/aromatic N) is 3. The lowest BCUT2D eigenvalue weighted by Crippen LogP contribution is -2.52. The van der Waals surface area contributed by atoms with E-state index in [9.17, 15) is 22.4 Å². The number of aryl methyl sites for hydroxylation is 1. The van der Waals surface area contributed by atoms with Crippen LogP contribution in [0.4, 0.5) is 4.39 Å². The SMILES string of the molecule is Cc1ccc(F)c([C@@H](C)[C@H](NS(=O)(=O)c2ccc(Cl)c(C(=O)N3CCC4(CC3)COC4)n2)c2n[nH]c(=O)o2)c1C. The van der Waals surface area contributed by atoms with Crippen LogP contribution in [0.5, 0.6) is 0 Å². The van der Waals surface area contributed by atoms with Gasteiger partial charge in [-0.15, -0.1) is 5.10 Å². The fraction of sp³-hybridized carbons (Fsp3) is 0.462. The molecule has 40 heavy (non-hydrogen) atoms. The largest absolute Gasteiger partial charge is 0.434 e. The first kappa shape index (κ1) is 28.4. The predicted octanol–water partition coefficient (Wildman–Crippen LogP) is 3.24. The molecule has 0 aliphatic carbocycles. The molecule has 4 heterocycles. The Morgan fingerprint density at radius 2 is 1.90 bits per heavy atom. The Hall–Kier alpha value is -3.13. The van der Waals surface area contributed by atoms with Gasteiger partial charge in [-0.2, -0.15) is 4.72 Å². The monoisotopic (exact) mass is 593 g/mol. The van der Waals surface area contributed by atoms with Crippen LogP contribution in [0.15, 0.2) is 38.5 Å². The highest BCUT2D eigenvalue weighted by molar-refractivity contribution is 7.89. The Bertz CT molecular complexity index is 1610. The van der Waals surface area contributed by atoms with Gasteiger partial charge in [0.2, 0.25) is 5.89 Å². The number of hydrogen-bond donors (Lipinski definition) is 2. The molecule has 2 aliphatic rings. The number of carbonyl (C=O) groups is 1. The van der Waals surface area contributed by atoms with E-state index in [0.29, 0.717) is 31.9 Å². The first-order valence-electron chi connectivity index (χ1n) is 12.8. The van der Waals surface area contributed by atoms with Crippen molar-refractivity contribution in [3.05, 3.63) is 73.9 Å². The van der Waals surface area contributed by atoms with Gasteiger partial charge < -0.3 is 14.1 Å². The minimum atomic E-state index is -4.45. The maximum atomic E-state index is 15.0. The topological polar surface area (TPSA) is 147 Å². The number of hydrogen-bond acceptors (Lipinski definition) is 8. The molecular weight excluding hydrogens is 565 g/mol. The number of likely N-dealkylation sites (tertiary alicyclic amines) is 1. The summed E-state index contributed by atoms with van der Waals surface area (Å²) in [6.07, 6.45) is 1.55. The van der Waals surface area contributed by atoms with Gasteiger partial charge in [0.25, 0.3) is 15.9 Å². The molecule has 1 aromatic carbocycles. The van der Waals surface area contributed by atoms with Crippen LogP contribution < -0.4 is 10.5 Å². The molecule has 2 aliphatic heterocycles. The van der Waals surface area contributed by atoms with E-state index in [1.807, 2.05) is 0 Å². The number of sulfonamides is 1. The number of H-pyrrole nitrogens is 1. The minimum Gasteiger partial charge on any atom is -0.391 e. The van der Waals surface area contributed by atoms with Gasteiger partial charge in [0, 0.05) is 24.4 Å². The quantitative estimate of drug-likeness (QED) is 0.424. The van der Waals surface area contributed by atoms with Crippen LogP contribution in [0.2, 0.25) is 5.02 Å². The molecule has 214 valence electrons. The molecule has 5 rings (SSSR count). The number of aromatic amines is 1. The molecule has 0 radical (unpaired) electrons. The zero-order valence-electron chi connectivity index (χ0n) is 22.2. The highest BCUT2D eigenvalue weighted by Gasteiger charge is 2.42. The molecule has 0 saturated carbocycles. The van der Waals surface area contributed by atoms with E-state index in [-0.39, 0.29) is 27.6 Å². The molecule has 2 N–H and O–H groups in total. The average molecular weight is 594 g/mol. The van der Waals surface area contributed by atoms with Crippen molar-refractivity contribution >= 4 is 27.5 Å². The minimum absolute atomic E-state index is 0.0110. The molecule has 1 amide bonds. The Morgan fingerprint density at radius 1 is 1.20 bits per heavy atom. The average Bonchev–Trinajstić information content (AvgIpc) is 3.34. The van der Waals surface area contributed by atoms with Crippen molar-refractivity contribution in [2.24, 2.45) is 5.41 Å². The number of pyridine rings is 1. The van der Waals surface area contributed by atoms with Crippen molar-refractivity contribution in [2.75, 3.05) is 26.3 Å². The summed E-state index contributed by atoms with van der Waals surface area (Å²) in [5.74, 6) is -3.06. The maximum absolute atomic E-state index is 15.0. The zero-order valence-corrected chi connectivity index (χ0v) is 23.7. The van der Waals surface area contributed by atoms with E-state index < -0.39 is 44.5 Å². The van der Waals surface area contributed by atoms with Crippen molar-refractivity contribution in [3.8, 4) is 0 Å². The molecule has 2 fully saturated rings. The van der Waals surface area contributed by atoms with Crippen molar-refractivity contribution < 1.29 is 26.8 Å². The van der Waals surface area contributed by atoms with Gasteiger partial charge in [-0.25, -0.2) is 27.7 Å². The lowest BCUT2D eigenvalue weighted by Gasteiger charge is -2.47. The van der Waals surface area contributed by atoms with Gasteiger partial charge in [-0.3, -0.25) is 4.79 Å². The van der Waals surface area contributed by atoms with Gasteiger partial charge >= 0.3 is 5.76 Å². The Morgan fingerprint density at radius 3 is 2.50 bits per heavy atom. The molecule has 14 heteroatoms. The third-order valence-corrected chi connectivity index (χ3v) is 9.56. The third kappa shape index (κ3) is 5.30. The van der Waals surface area contributed by atoms with Gasteiger partial charge in [-0.05, 0) is 61.6 Å². The van der Waals surface area contributed by atoms with Crippen LogP contribution in [0, 0.1) is 25.1 Å². The first-order chi connectivity index (χ1) is 18.9. The van der Waals surface area contributed by atoms with Crippen molar-refractivity contribution in [3.63, 3.8) is 0 Å². The van der Waals surface area contributed by atoms with Gasteiger partial charge in [-0.1, -0.05) is 24.6 Å². The molecule has 2 aromatic heterocycles. The number of halogens is 2. The number of rotatable bonds is 7. The molecule has 0 unspecified atom stereocenters. The summed E-state index contributed by atoms with van der Waals surface area (Å²) in [6, 6.07) is 4.07. The number of nitrogens with one attached hydrogen (secondary N) is 2. The number of ether oxygens (including phenoxy) is 1. The summed E-state index contributed by atoms with van der Waals surface area (Å²) >= 11 is 6.29.